The summed E-state index contributed by atoms with van der Waals surface area (Å²) in [5.41, 5.74) is 6.79. The molecule has 2 unspecified atom stereocenters. The van der Waals surface area contributed by atoms with E-state index in [9.17, 15) is 4.79 Å². The first kappa shape index (κ1) is 13.2. The van der Waals surface area contributed by atoms with Crippen molar-refractivity contribution in [3.05, 3.63) is 23.8 Å². The summed E-state index contributed by atoms with van der Waals surface area (Å²) in [5, 5.41) is 3.07. The second-order valence-electron chi connectivity index (χ2n) is 5.50. The molecule has 1 aromatic rings. The predicted molar refractivity (Wildman–Crippen MR) is 75.7 cm³/mol. The summed E-state index contributed by atoms with van der Waals surface area (Å²) in [6, 6.07) is 5.19. The maximum atomic E-state index is 12.4. The van der Waals surface area contributed by atoms with E-state index in [1.54, 1.807) is 25.3 Å². The SMILES string of the molecule is COc1ccc(N)cc1C(=O)NC1CCOC1C1CC1. The summed E-state index contributed by atoms with van der Waals surface area (Å²) >= 11 is 0. The first-order valence-electron chi connectivity index (χ1n) is 7.05. The van der Waals surface area contributed by atoms with Gasteiger partial charge in [0.2, 0.25) is 0 Å². The highest BCUT2D eigenvalue weighted by Gasteiger charge is 2.41. The van der Waals surface area contributed by atoms with Crippen LogP contribution < -0.4 is 15.8 Å². The van der Waals surface area contributed by atoms with Gasteiger partial charge in [-0.25, -0.2) is 0 Å². The summed E-state index contributed by atoms with van der Waals surface area (Å²) in [4.78, 5) is 12.4. The molecule has 2 fully saturated rings. The Bertz CT molecular complexity index is 514. The number of anilines is 1. The Morgan fingerprint density at radius 1 is 1.40 bits per heavy atom. The van der Waals surface area contributed by atoms with E-state index in [1.165, 1.54) is 12.8 Å². The number of methoxy groups -OCH3 is 1. The summed E-state index contributed by atoms with van der Waals surface area (Å²) in [6.07, 6.45) is 3.46. The van der Waals surface area contributed by atoms with Crippen molar-refractivity contribution >= 4 is 11.6 Å². The summed E-state index contributed by atoms with van der Waals surface area (Å²) < 4.78 is 11.0. The fourth-order valence-corrected chi connectivity index (χ4v) is 2.80. The summed E-state index contributed by atoms with van der Waals surface area (Å²) in [6.45, 7) is 0.722. The number of nitrogens with two attached hydrogens (primary N) is 1. The molecule has 5 heteroatoms. The largest absolute Gasteiger partial charge is 0.496 e. The highest BCUT2D eigenvalue weighted by Crippen LogP contribution is 2.38. The van der Waals surface area contributed by atoms with Gasteiger partial charge in [-0.2, -0.15) is 0 Å². The van der Waals surface area contributed by atoms with E-state index < -0.39 is 0 Å². The average Bonchev–Trinajstić information content (AvgIpc) is 3.19. The minimum absolute atomic E-state index is 0.0983. The zero-order valence-electron chi connectivity index (χ0n) is 11.6. The lowest BCUT2D eigenvalue weighted by Crippen LogP contribution is -2.41. The molecule has 2 atom stereocenters. The molecule has 3 N–H and O–H groups in total. The number of nitrogen functional groups attached to an aromatic ring is 1. The highest BCUT2D eigenvalue weighted by atomic mass is 16.5. The minimum atomic E-state index is -0.143. The zero-order valence-corrected chi connectivity index (χ0v) is 11.6. The van der Waals surface area contributed by atoms with E-state index in [0.717, 1.165) is 13.0 Å². The Balaban J connectivity index is 1.74. The summed E-state index contributed by atoms with van der Waals surface area (Å²) in [7, 11) is 1.55. The number of nitrogens with one attached hydrogen (secondary N) is 1. The van der Waals surface area contributed by atoms with Crippen molar-refractivity contribution in [3.8, 4) is 5.75 Å². The number of hydrogen-bond donors (Lipinski definition) is 2. The van der Waals surface area contributed by atoms with E-state index in [2.05, 4.69) is 5.32 Å². The Morgan fingerprint density at radius 2 is 2.20 bits per heavy atom. The van der Waals surface area contributed by atoms with Gasteiger partial charge >= 0.3 is 0 Å². The van der Waals surface area contributed by atoms with Crippen LogP contribution in [0, 0.1) is 5.92 Å². The van der Waals surface area contributed by atoms with Crippen LogP contribution in [0.5, 0.6) is 5.75 Å². The van der Waals surface area contributed by atoms with Gasteiger partial charge in [-0.1, -0.05) is 0 Å². The van der Waals surface area contributed by atoms with Crippen molar-refractivity contribution in [1.29, 1.82) is 0 Å². The lowest BCUT2D eigenvalue weighted by atomic mass is 10.1. The molecular formula is C15H20N2O3. The molecule has 20 heavy (non-hydrogen) atoms. The van der Waals surface area contributed by atoms with E-state index in [0.29, 0.717) is 22.9 Å². The van der Waals surface area contributed by atoms with Crippen LogP contribution in [0.3, 0.4) is 0 Å². The van der Waals surface area contributed by atoms with Gasteiger partial charge in [-0.05, 0) is 43.4 Å². The number of benzene rings is 1. The van der Waals surface area contributed by atoms with Crippen molar-refractivity contribution in [2.24, 2.45) is 5.92 Å². The molecule has 5 nitrogen and oxygen atoms in total. The van der Waals surface area contributed by atoms with Crippen molar-refractivity contribution in [1.82, 2.24) is 5.32 Å². The van der Waals surface area contributed by atoms with Crippen LogP contribution in [0.25, 0.3) is 0 Å². The zero-order chi connectivity index (χ0) is 14.1. The molecule has 0 radical (unpaired) electrons. The lowest BCUT2D eigenvalue weighted by molar-refractivity contribution is 0.0728. The molecule has 1 saturated heterocycles. The van der Waals surface area contributed by atoms with Crippen LogP contribution in [0.2, 0.25) is 0 Å². The molecule has 1 saturated carbocycles. The van der Waals surface area contributed by atoms with E-state index in [4.69, 9.17) is 15.2 Å². The molecule has 1 heterocycles. The first-order chi connectivity index (χ1) is 9.69. The van der Waals surface area contributed by atoms with Gasteiger partial charge in [-0.3, -0.25) is 4.79 Å². The molecule has 108 valence electrons. The number of hydrogen-bond acceptors (Lipinski definition) is 4. The molecule has 1 aromatic carbocycles. The number of carbonyl (C=O) groups is 1. The van der Waals surface area contributed by atoms with Crippen LogP contribution in [-0.4, -0.2) is 31.8 Å². The molecule has 1 aliphatic carbocycles. The molecule has 0 bridgehead atoms. The number of ether oxygens (including phenoxy) is 2. The van der Waals surface area contributed by atoms with Crippen molar-refractivity contribution in [2.75, 3.05) is 19.5 Å². The highest BCUT2D eigenvalue weighted by molar-refractivity contribution is 5.98. The third kappa shape index (κ3) is 2.58. The van der Waals surface area contributed by atoms with Gasteiger partial charge in [0, 0.05) is 12.3 Å². The van der Waals surface area contributed by atoms with E-state index in [1.807, 2.05) is 0 Å². The summed E-state index contributed by atoms with van der Waals surface area (Å²) in [5.74, 6) is 1.01. The van der Waals surface area contributed by atoms with Crippen LogP contribution in [0.4, 0.5) is 5.69 Å². The minimum Gasteiger partial charge on any atom is -0.496 e. The Hall–Kier alpha value is -1.75. The van der Waals surface area contributed by atoms with E-state index >= 15 is 0 Å². The molecule has 2 aliphatic rings. The monoisotopic (exact) mass is 276 g/mol. The second kappa shape index (κ2) is 5.32. The predicted octanol–water partition coefficient (Wildman–Crippen LogP) is 1.57. The smallest absolute Gasteiger partial charge is 0.255 e. The average molecular weight is 276 g/mol. The molecule has 1 aliphatic heterocycles. The van der Waals surface area contributed by atoms with Gasteiger partial charge in [0.1, 0.15) is 5.75 Å². The third-order valence-corrected chi connectivity index (χ3v) is 4.01. The number of rotatable bonds is 4. The van der Waals surface area contributed by atoms with Crippen LogP contribution in [0.1, 0.15) is 29.6 Å². The quantitative estimate of drug-likeness (QED) is 0.819. The standard InChI is InChI=1S/C15H20N2O3/c1-19-13-5-4-10(16)8-11(13)15(18)17-12-6-7-20-14(12)9-2-3-9/h4-5,8-9,12,14H,2-3,6-7,16H2,1H3,(H,17,18). The van der Waals surface area contributed by atoms with Crippen molar-refractivity contribution < 1.29 is 14.3 Å². The normalized spacial score (nSPS) is 25.4. The Labute approximate surface area is 118 Å². The molecule has 0 aromatic heterocycles. The Kier molecular flexibility index (Phi) is 3.53. The molecule has 0 spiro atoms. The van der Waals surface area contributed by atoms with E-state index in [-0.39, 0.29) is 18.1 Å². The second-order valence-corrected chi connectivity index (χ2v) is 5.50. The maximum Gasteiger partial charge on any atom is 0.255 e. The molecule has 1 amide bonds. The number of amides is 1. The van der Waals surface area contributed by atoms with Crippen LogP contribution >= 0.6 is 0 Å². The topological polar surface area (TPSA) is 73.6 Å². The van der Waals surface area contributed by atoms with Gasteiger partial charge in [0.05, 0.1) is 24.8 Å². The van der Waals surface area contributed by atoms with Crippen molar-refractivity contribution in [3.63, 3.8) is 0 Å². The first-order valence-corrected chi connectivity index (χ1v) is 7.05. The van der Waals surface area contributed by atoms with Crippen LogP contribution in [0.15, 0.2) is 18.2 Å². The van der Waals surface area contributed by atoms with Gasteiger partial charge in [-0.15, -0.1) is 0 Å². The Morgan fingerprint density at radius 3 is 2.90 bits per heavy atom. The maximum absolute atomic E-state index is 12.4. The lowest BCUT2D eigenvalue weighted by Gasteiger charge is -2.20. The number of carbonyl (C=O) groups excluding carboxylic acids is 1. The fourth-order valence-electron chi connectivity index (χ4n) is 2.80. The van der Waals surface area contributed by atoms with Crippen LogP contribution in [-0.2, 0) is 4.74 Å². The van der Waals surface area contributed by atoms with Gasteiger partial charge in [0.25, 0.3) is 5.91 Å². The third-order valence-electron chi connectivity index (χ3n) is 4.01. The molecule has 3 rings (SSSR count). The van der Waals surface area contributed by atoms with Crippen molar-refractivity contribution in [2.45, 2.75) is 31.4 Å². The fraction of sp³-hybridized carbons (Fsp3) is 0.533. The van der Waals surface area contributed by atoms with Gasteiger partial charge in [0.15, 0.2) is 0 Å². The van der Waals surface area contributed by atoms with Gasteiger partial charge < -0.3 is 20.5 Å². The molecular weight excluding hydrogens is 256 g/mol.